The van der Waals surface area contributed by atoms with Gasteiger partial charge in [0.1, 0.15) is 5.82 Å². The molecule has 9 heteroatoms. The second kappa shape index (κ2) is 8.95. The van der Waals surface area contributed by atoms with E-state index in [-0.39, 0.29) is 11.9 Å². The van der Waals surface area contributed by atoms with Crippen LogP contribution in [0.1, 0.15) is 15.9 Å². The molecule has 0 atom stereocenters. The summed E-state index contributed by atoms with van der Waals surface area (Å²) >= 11 is 0. The highest BCUT2D eigenvalue weighted by Gasteiger charge is 2.15. The molecule has 4 rings (SSSR count). The van der Waals surface area contributed by atoms with Crippen LogP contribution in [-0.4, -0.2) is 38.0 Å². The molecule has 0 unspecified atom stereocenters. The van der Waals surface area contributed by atoms with Crippen molar-refractivity contribution in [1.29, 1.82) is 0 Å². The SMILES string of the molecule is COC(=O)c1ccc(CN(c2cnccn2)c2cc(-c3cnc(N)nc3)ccn2)cc1. The fraction of sp³-hybridized carbons (Fsp3) is 0.0909. The summed E-state index contributed by atoms with van der Waals surface area (Å²) in [7, 11) is 1.36. The summed E-state index contributed by atoms with van der Waals surface area (Å²) in [5.74, 6) is 1.15. The van der Waals surface area contributed by atoms with Crippen molar-refractivity contribution in [3.05, 3.63) is 84.7 Å². The molecule has 0 radical (unpaired) electrons. The van der Waals surface area contributed by atoms with Crippen LogP contribution in [0.25, 0.3) is 11.1 Å². The molecule has 0 aliphatic heterocycles. The van der Waals surface area contributed by atoms with Gasteiger partial charge in [-0.15, -0.1) is 0 Å². The maximum absolute atomic E-state index is 11.7. The molecule has 154 valence electrons. The van der Waals surface area contributed by atoms with Crippen molar-refractivity contribution in [2.45, 2.75) is 6.54 Å². The first-order chi connectivity index (χ1) is 15.1. The molecule has 4 aromatic rings. The Morgan fingerprint density at radius 3 is 2.32 bits per heavy atom. The molecule has 3 heterocycles. The zero-order valence-electron chi connectivity index (χ0n) is 16.7. The lowest BCUT2D eigenvalue weighted by Gasteiger charge is -2.23. The van der Waals surface area contributed by atoms with Gasteiger partial charge in [0.25, 0.3) is 0 Å². The van der Waals surface area contributed by atoms with Gasteiger partial charge in [0.2, 0.25) is 5.95 Å². The summed E-state index contributed by atoms with van der Waals surface area (Å²) in [6, 6.07) is 11.0. The molecule has 9 nitrogen and oxygen atoms in total. The van der Waals surface area contributed by atoms with Crippen LogP contribution in [0.5, 0.6) is 0 Å². The zero-order chi connectivity index (χ0) is 21.6. The lowest BCUT2D eigenvalue weighted by atomic mass is 10.1. The number of benzene rings is 1. The number of nitrogen functional groups attached to an aromatic ring is 1. The third-order valence-corrected chi connectivity index (χ3v) is 4.57. The fourth-order valence-corrected chi connectivity index (χ4v) is 2.99. The van der Waals surface area contributed by atoms with Gasteiger partial charge < -0.3 is 15.4 Å². The van der Waals surface area contributed by atoms with E-state index >= 15 is 0 Å². The fourth-order valence-electron chi connectivity index (χ4n) is 2.99. The normalized spacial score (nSPS) is 10.5. The highest BCUT2D eigenvalue weighted by Crippen LogP contribution is 2.27. The van der Waals surface area contributed by atoms with Gasteiger partial charge in [0, 0.05) is 36.5 Å². The number of nitrogens with two attached hydrogens (primary N) is 1. The predicted octanol–water partition coefficient (Wildman–Crippen LogP) is 3.04. The van der Waals surface area contributed by atoms with E-state index in [1.54, 1.807) is 49.3 Å². The highest BCUT2D eigenvalue weighted by molar-refractivity contribution is 5.89. The van der Waals surface area contributed by atoms with Crippen molar-refractivity contribution in [1.82, 2.24) is 24.9 Å². The number of pyridine rings is 1. The van der Waals surface area contributed by atoms with Gasteiger partial charge in [-0.05, 0) is 35.4 Å². The molecule has 3 aromatic heterocycles. The van der Waals surface area contributed by atoms with Crippen molar-refractivity contribution in [3.8, 4) is 11.1 Å². The summed E-state index contributed by atoms with van der Waals surface area (Å²) in [4.78, 5) is 34.9. The number of esters is 1. The van der Waals surface area contributed by atoms with Crippen LogP contribution in [0.4, 0.5) is 17.6 Å². The molecular weight excluding hydrogens is 394 g/mol. The average molecular weight is 413 g/mol. The Bertz CT molecular complexity index is 1170. The largest absolute Gasteiger partial charge is 0.465 e. The highest BCUT2D eigenvalue weighted by atomic mass is 16.5. The van der Waals surface area contributed by atoms with E-state index in [4.69, 9.17) is 10.5 Å². The van der Waals surface area contributed by atoms with E-state index in [0.717, 1.165) is 16.7 Å². The third-order valence-electron chi connectivity index (χ3n) is 4.57. The molecule has 0 fully saturated rings. The molecule has 0 bridgehead atoms. The second-order valence-corrected chi connectivity index (χ2v) is 6.57. The van der Waals surface area contributed by atoms with Crippen LogP contribution in [0.2, 0.25) is 0 Å². The lowest BCUT2D eigenvalue weighted by Crippen LogP contribution is -2.19. The minimum absolute atomic E-state index is 0.217. The number of anilines is 3. The van der Waals surface area contributed by atoms with Crippen LogP contribution >= 0.6 is 0 Å². The first-order valence-corrected chi connectivity index (χ1v) is 9.39. The molecule has 0 aliphatic carbocycles. The Labute approximate surface area is 178 Å². The van der Waals surface area contributed by atoms with Crippen LogP contribution < -0.4 is 10.6 Å². The predicted molar refractivity (Wildman–Crippen MR) is 115 cm³/mol. The van der Waals surface area contributed by atoms with Crippen molar-refractivity contribution in [2.75, 3.05) is 17.7 Å². The lowest BCUT2D eigenvalue weighted by molar-refractivity contribution is 0.0600. The van der Waals surface area contributed by atoms with Crippen LogP contribution in [0.3, 0.4) is 0 Å². The number of carbonyl (C=O) groups is 1. The third kappa shape index (κ3) is 4.61. The van der Waals surface area contributed by atoms with Crippen molar-refractivity contribution >= 4 is 23.6 Å². The van der Waals surface area contributed by atoms with Gasteiger partial charge in [0.15, 0.2) is 5.82 Å². The summed E-state index contributed by atoms with van der Waals surface area (Å²) in [6.45, 7) is 0.467. The number of hydrogen-bond acceptors (Lipinski definition) is 9. The minimum Gasteiger partial charge on any atom is -0.465 e. The van der Waals surface area contributed by atoms with E-state index < -0.39 is 0 Å². The summed E-state index contributed by atoms with van der Waals surface area (Å²) in [5, 5.41) is 0. The van der Waals surface area contributed by atoms with Gasteiger partial charge in [-0.1, -0.05) is 12.1 Å². The molecule has 31 heavy (non-hydrogen) atoms. The van der Waals surface area contributed by atoms with Crippen molar-refractivity contribution < 1.29 is 9.53 Å². The van der Waals surface area contributed by atoms with Gasteiger partial charge in [-0.25, -0.2) is 24.7 Å². The number of hydrogen-bond donors (Lipinski definition) is 1. The number of carbonyl (C=O) groups excluding carboxylic acids is 1. The Hall–Kier alpha value is -4.40. The first kappa shape index (κ1) is 19.9. The first-order valence-electron chi connectivity index (χ1n) is 9.39. The smallest absolute Gasteiger partial charge is 0.337 e. The molecule has 1 aromatic carbocycles. The second-order valence-electron chi connectivity index (χ2n) is 6.57. The standard InChI is InChI=1S/C22H19N7O2/c1-31-21(30)16-4-2-15(3-5-16)14-29(20-13-24-8-9-26-20)19-10-17(6-7-25-19)18-11-27-22(23)28-12-18/h2-13H,14H2,1H3,(H2,23,27,28). The molecule has 0 amide bonds. The number of nitrogens with zero attached hydrogens (tertiary/aromatic N) is 6. The minimum atomic E-state index is -0.377. The molecule has 2 N–H and O–H groups in total. The summed E-state index contributed by atoms with van der Waals surface area (Å²) in [6.07, 6.45) is 9.95. The Morgan fingerprint density at radius 1 is 0.903 bits per heavy atom. The number of ether oxygens (including phenoxy) is 1. The van der Waals surface area contributed by atoms with E-state index in [2.05, 4.69) is 24.9 Å². The monoisotopic (exact) mass is 413 g/mol. The topological polar surface area (TPSA) is 120 Å². The zero-order valence-corrected chi connectivity index (χ0v) is 16.7. The van der Waals surface area contributed by atoms with E-state index in [1.165, 1.54) is 7.11 Å². The molecular formula is C22H19N7O2. The number of methoxy groups -OCH3 is 1. The summed E-state index contributed by atoms with van der Waals surface area (Å²) < 4.78 is 4.76. The van der Waals surface area contributed by atoms with Crippen LogP contribution in [0.15, 0.2) is 73.6 Å². The van der Waals surface area contributed by atoms with Gasteiger partial charge in [0.05, 0.1) is 25.4 Å². The molecule has 0 aliphatic rings. The van der Waals surface area contributed by atoms with Crippen molar-refractivity contribution in [2.24, 2.45) is 0 Å². The van der Waals surface area contributed by atoms with Crippen LogP contribution in [-0.2, 0) is 11.3 Å². The van der Waals surface area contributed by atoms with E-state index in [9.17, 15) is 4.79 Å². The quantitative estimate of drug-likeness (QED) is 0.475. The van der Waals surface area contributed by atoms with Gasteiger partial charge in [-0.2, -0.15) is 0 Å². The Balaban J connectivity index is 1.68. The maximum Gasteiger partial charge on any atom is 0.337 e. The molecule has 0 saturated carbocycles. The number of rotatable bonds is 6. The Morgan fingerprint density at radius 2 is 1.65 bits per heavy atom. The number of aromatic nitrogens is 5. The van der Waals surface area contributed by atoms with Gasteiger partial charge >= 0.3 is 5.97 Å². The average Bonchev–Trinajstić information content (AvgIpc) is 2.83. The van der Waals surface area contributed by atoms with E-state index in [1.807, 2.05) is 29.2 Å². The molecule has 0 saturated heterocycles. The summed E-state index contributed by atoms with van der Waals surface area (Å²) in [5.41, 5.74) is 8.75. The molecule has 0 spiro atoms. The van der Waals surface area contributed by atoms with E-state index in [0.29, 0.717) is 23.7 Å². The van der Waals surface area contributed by atoms with Gasteiger partial charge in [-0.3, -0.25) is 4.98 Å². The van der Waals surface area contributed by atoms with Crippen molar-refractivity contribution in [3.63, 3.8) is 0 Å². The van der Waals surface area contributed by atoms with Crippen LogP contribution in [0, 0.1) is 0 Å². The maximum atomic E-state index is 11.7. The Kier molecular flexibility index (Phi) is 5.75.